The second-order valence-electron chi connectivity index (χ2n) is 6.91. The summed E-state index contributed by atoms with van der Waals surface area (Å²) in [4.78, 5) is 13.1. The Hall–Kier alpha value is -2.96. The average Bonchev–Trinajstić information content (AvgIpc) is 3.19. The summed E-state index contributed by atoms with van der Waals surface area (Å²) in [7, 11) is 0. The van der Waals surface area contributed by atoms with Crippen molar-refractivity contribution in [2.24, 2.45) is 0 Å². The number of halogens is 1. The fraction of sp³-hybridized carbons (Fsp3) is 0.208. The maximum Gasteiger partial charge on any atom is 0.258 e. The van der Waals surface area contributed by atoms with Crippen molar-refractivity contribution in [2.45, 2.75) is 32.3 Å². The largest absolute Gasteiger partial charge is 0.487 e. The molecule has 7 heteroatoms. The predicted octanol–water partition coefficient (Wildman–Crippen LogP) is 5.97. The number of anilines is 1. The number of nitrogens with zero attached hydrogens (tertiary/aromatic N) is 2. The van der Waals surface area contributed by atoms with Gasteiger partial charge < -0.3 is 4.74 Å². The van der Waals surface area contributed by atoms with Gasteiger partial charge in [-0.3, -0.25) is 10.1 Å². The van der Waals surface area contributed by atoms with Gasteiger partial charge in [0.1, 0.15) is 12.4 Å². The van der Waals surface area contributed by atoms with Gasteiger partial charge in [-0.15, -0.1) is 21.8 Å². The zero-order chi connectivity index (χ0) is 22.2. The number of alkyl halides is 1. The molecule has 1 heterocycles. The average molecular weight is 454 g/mol. The van der Waals surface area contributed by atoms with E-state index in [0.29, 0.717) is 15.7 Å². The van der Waals surface area contributed by atoms with Gasteiger partial charge in [0.2, 0.25) is 5.13 Å². The van der Waals surface area contributed by atoms with E-state index in [1.807, 2.05) is 68.5 Å². The number of carbonyl (C=O) groups excluding carboxylic acids is 1. The molecule has 160 valence electrons. The third-order valence-corrected chi connectivity index (χ3v) is 5.59. The van der Waals surface area contributed by atoms with Gasteiger partial charge >= 0.3 is 0 Å². The van der Waals surface area contributed by atoms with Crippen LogP contribution in [-0.4, -0.2) is 21.5 Å². The first-order chi connectivity index (χ1) is 15.0. The van der Waals surface area contributed by atoms with Crippen molar-refractivity contribution >= 4 is 39.5 Å². The Balaban J connectivity index is 1.71. The van der Waals surface area contributed by atoms with Crippen molar-refractivity contribution in [3.05, 3.63) is 94.8 Å². The van der Waals surface area contributed by atoms with Crippen molar-refractivity contribution in [2.75, 3.05) is 5.32 Å². The third kappa shape index (κ3) is 6.51. The molecule has 1 aromatic carbocycles. The van der Waals surface area contributed by atoms with Crippen LogP contribution in [-0.2, 0) is 16.1 Å². The molecule has 0 aliphatic heterocycles. The van der Waals surface area contributed by atoms with Gasteiger partial charge in [0.05, 0.1) is 5.38 Å². The minimum absolute atomic E-state index is 0.00935. The zero-order valence-electron chi connectivity index (χ0n) is 17.5. The lowest BCUT2D eigenvalue weighted by atomic mass is 9.98. The molecule has 3 rings (SSSR count). The Morgan fingerprint density at radius 2 is 2.19 bits per heavy atom. The van der Waals surface area contributed by atoms with Crippen LogP contribution in [0.2, 0.25) is 0 Å². The minimum atomic E-state index is -0.269. The lowest BCUT2D eigenvalue weighted by Gasteiger charge is -2.11. The molecule has 1 amide bonds. The van der Waals surface area contributed by atoms with Crippen LogP contribution < -0.4 is 5.32 Å². The maximum atomic E-state index is 13.1. The number of benzene rings is 1. The molecule has 0 fully saturated rings. The fourth-order valence-electron chi connectivity index (χ4n) is 2.94. The Morgan fingerprint density at radius 3 is 2.90 bits per heavy atom. The van der Waals surface area contributed by atoms with Crippen LogP contribution in [0.4, 0.5) is 5.13 Å². The lowest BCUT2D eigenvalue weighted by Crippen LogP contribution is -2.14. The van der Waals surface area contributed by atoms with E-state index in [1.165, 1.54) is 11.3 Å². The molecular formula is C24H24ClN3O2S. The molecule has 0 spiro atoms. The number of ether oxygens (including phenoxy) is 1. The van der Waals surface area contributed by atoms with Gasteiger partial charge in [-0.25, -0.2) is 0 Å². The molecule has 1 unspecified atom stereocenters. The number of aryl methyl sites for hydroxylation is 1. The summed E-state index contributed by atoms with van der Waals surface area (Å²) in [6.45, 7) is 8.15. The Morgan fingerprint density at radius 1 is 1.39 bits per heavy atom. The molecule has 5 nitrogen and oxygen atoms in total. The number of carbonyl (C=O) groups is 1. The summed E-state index contributed by atoms with van der Waals surface area (Å²) in [6.07, 6.45) is 11.9. The monoisotopic (exact) mass is 453 g/mol. The zero-order valence-corrected chi connectivity index (χ0v) is 19.0. The van der Waals surface area contributed by atoms with Crippen molar-refractivity contribution < 1.29 is 9.53 Å². The molecule has 1 aromatic heterocycles. The predicted molar refractivity (Wildman–Crippen MR) is 128 cm³/mol. The van der Waals surface area contributed by atoms with Crippen LogP contribution >= 0.6 is 22.9 Å². The van der Waals surface area contributed by atoms with Crippen molar-refractivity contribution in [3.8, 4) is 0 Å². The molecular weight excluding hydrogens is 430 g/mol. The fourth-order valence-corrected chi connectivity index (χ4v) is 3.75. The highest BCUT2D eigenvalue weighted by atomic mass is 35.5. The molecule has 1 atom stereocenters. The summed E-state index contributed by atoms with van der Waals surface area (Å²) in [5.74, 6) is 0.486. The smallest absolute Gasteiger partial charge is 0.258 e. The standard InChI is InChI=1S/C24H24ClN3O2S/c1-4-7-16(2)14-21(20-9-6-5-8-17(20)3)23(29)26-24-28-27-22(31-24)15-30-19-12-10-18(25)11-13-19/h4-10,12-14,18H,2,11,15H2,1,3H3,(H,26,28,29). The number of amides is 1. The number of hydrogen-bond acceptors (Lipinski definition) is 5. The van der Waals surface area contributed by atoms with Gasteiger partial charge in [0, 0.05) is 5.57 Å². The minimum Gasteiger partial charge on any atom is -0.487 e. The molecule has 0 bridgehead atoms. The Kier molecular flexibility index (Phi) is 7.98. The normalized spacial score (nSPS) is 16.3. The first-order valence-electron chi connectivity index (χ1n) is 9.84. The van der Waals surface area contributed by atoms with Crippen LogP contribution in [0, 0.1) is 6.92 Å². The van der Waals surface area contributed by atoms with E-state index in [2.05, 4.69) is 22.1 Å². The maximum absolute atomic E-state index is 13.1. The van der Waals surface area contributed by atoms with E-state index >= 15 is 0 Å². The van der Waals surface area contributed by atoms with Crippen LogP contribution in [0.15, 0.2) is 78.6 Å². The quantitative estimate of drug-likeness (QED) is 0.304. The molecule has 0 radical (unpaired) electrons. The van der Waals surface area contributed by atoms with Crippen LogP contribution in [0.25, 0.3) is 5.57 Å². The van der Waals surface area contributed by atoms with Crippen molar-refractivity contribution in [3.63, 3.8) is 0 Å². The van der Waals surface area contributed by atoms with Gasteiger partial charge in [-0.2, -0.15) is 0 Å². The Bertz CT molecular complexity index is 1080. The van der Waals surface area contributed by atoms with E-state index in [4.69, 9.17) is 16.3 Å². The lowest BCUT2D eigenvalue weighted by molar-refractivity contribution is -0.111. The summed E-state index contributed by atoms with van der Waals surface area (Å²) >= 11 is 7.29. The molecule has 1 aliphatic rings. The van der Waals surface area contributed by atoms with E-state index in [0.717, 1.165) is 28.9 Å². The van der Waals surface area contributed by atoms with Crippen LogP contribution in [0.5, 0.6) is 0 Å². The van der Waals surface area contributed by atoms with E-state index in [1.54, 1.807) is 6.08 Å². The molecule has 31 heavy (non-hydrogen) atoms. The highest BCUT2D eigenvalue weighted by Gasteiger charge is 2.17. The summed E-state index contributed by atoms with van der Waals surface area (Å²) in [6, 6.07) is 7.73. The summed E-state index contributed by atoms with van der Waals surface area (Å²) in [5, 5.41) is 12.1. The number of hydrogen-bond donors (Lipinski definition) is 1. The number of rotatable bonds is 8. The second kappa shape index (κ2) is 10.9. The molecule has 1 N–H and O–H groups in total. The summed E-state index contributed by atoms with van der Waals surface area (Å²) < 4.78 is 5.73. The van der Waals surface area contributed by atoms with E-state index < -0.39 is 0 Å². The van der Waals surface area contributed by atoms with E-state index in [9.17, 15) is 4.79 Å². The highest BCUT2D eigenvalue weighted by Crippen LogP contribution is 2.25. The second-order valence-corrected chi connectivity index (χ2v) is 8.53. The first-order valence-corrected chi connectivity index (χ1v) is 11.1. The van der Waals surface area contributed by atoms with Crippen molar-refractivity contribution in [1.82, 2.24) is 10.2 Å². The molecule has 1 aliphatic carbocycles. The van der Waals surface area contributed by atoms with Gasteiger partial charge in [-0.05, 0) is 55.2 Å². The number of nitrogens with one attached hydrogen (secondary N) is 1. The van der Waals surface area contributed by atoms with Crippen LogP contribution in [0.1, 0.15) is 29.5 Å². The number of aromatic nitrogens is 2. The Labute approximate surface area is 191 Å². The van der Waals surface area contributed by atoms with E-state index in [-0.39, 0.29) is 17.9 Å². The topological polar surface area (TPSA) is 64.1 Å². The first kappa shape index (κ1) is 22.7. The molecule has 2 aromatic rings. The highest BCUT2D eigenvalue weighted by molar-refractivity contribution is 7.15. The SMILES string of the molecule is C=C(C=CC)C=C(C(=O)Nc1nnc(COC2=CCC(Cl)C=C2)s1)c1ccccc1C. The number of allylic oxidation sites excluding steroid dienone is 7. The summed E-state index contributed by atoms with van der Waals surface area (Å²) in [5.41, 5.74) is 3.08. The van der Waals surface area contributed by atoms with Gasteiger partial charge in [0.15, 0.2) is 5.01 Å². The van der Waals surface area contributed by atoms with Crippen LogP contribution in [0.3, 0.4) is 0 Å². The third-order valence-electron chi connectivity index (χ3n) is 4.45. The molecule has 0 saturated carbocycles. The van der Waals surface area contributed by atoms with Gasteiger partial charge in [0.25, 0.3) is 5.91 Å². The van der Waals surface area contributed by atoms with Crippen molar-refractivity contribution in [1.29, 1.82) is 0 Å². The molecule has 0 saturated heterocycles. The van der Waals surface area contributed by atoms with Gasteiger partial charge in [-0.1, -0.05) is 60.4 Å².